The van der Waals surface area contributed by atoms with Gasteiger partial charge in [0, 0.05) is 35.8 Å². The van der Waals surface area contributed by atoms with E-state index >= 15 is 0 Å². The Bertz CT molecular complexity index is 697. The summed E-state index contributed by atoms with van der Waals surface area (Å²) in [4.78, 5) is 4.86. The lowest BCUT2D eigenvalue weighted by Gasteiger charge is -2.15. The summed E-state index contributed by atoms with van der Waals surface area (Å²) in [6.07, 6.45) is 4.33. The highest BCUT2D eigenvalue weighted by molar-refractivity contribution is 5.96. The smallest absolute Gasteiger partial charge is 0.163 e. The van der Waals surface area contributed by atoms with Gasteiger partial charge in [-0.15, -0.1) is 0 Å². The number of anilines is 1. The number of fused-ring (bicyclic) bond motifs is 3. The molecule has 0 spiro atoms. The third-order valence-corrected chi connectivity index (χ3v) is 4.23. The van der Waals surface area contributed by atoms with Crippen molar-refractivity contribution in [2.75, 3.05) is 25.1 Å². The molecule has 1 N–H and O–H groups in total. The number of aryl methyl sites for hydroxylation is 1. The van der Waals surface area contributed by atoms with Crippen LogP contribution in [-0.4, -0.2) is 24.7 Å². The van der Waals surface area contributed by atoms with Crippen LogP contribution >= 0.6 is 0 Å². The zero-order chi connectivity index (χ0) is 14.2. The zero-order valence-electron chi connectivity index (χ0n) is 12.4. The summed E-state index contributed by atoms with van der Waals surface area (Å²) in [7, 11) is 0. The van der Waals surface area contributed by atoms with Crippen molar-refractivity contribution in [2.24, 2.45) is 0 Å². The van der Waals surface area contributed by atoms with Gasteiger partial charge in [0.1, 0.15) is 0 Å². The number of ether oxygens (including phenoxy) is 2. The number of nitrogens with one attached hydrogen (secondary N) is 1. The molecule has 1 aromatic heterocycles. The molecule has 110 valence electrons. The fourth-order valence-corrected chi connectivity index (χ4v) is 3.30. The van der Waals surface area contributed by atoms with Crippen molar-refractivity contribution in [1.29, 1.82) is 0 Å². The maximum absolute atomic E-state index is 5.83. The highest BCUT2D eigenvalue weighted by atomic mass is 16.5. The largest absolute Gasteiger partial charge is 0.490 e. The first-order chi connectivity index (χ1) is 10.4. The molecule has 0 fully saturated rings. The minimum absolute atomic E-state index is 0.712. The molecule has 2 heterocycles. The van der Waals surface area contributed by atoms with Crippen LogP contribution in [0.25, 0.3) is 10.9 Å². The molecule has 0 atom stereocenters. The summed E-state index contributed by atoms with van der Waals surface area (Å²) in [5.74, 6) is 1.67. The molecule has 0 saturated carbocycles. The third kappa shape index (κ3) is 2.09. The van der Waals surface area contributed by atoms with Crippen LogP contribution in [0.5, 0.6) is 11.5 Å². The van der Waals surface area contributed by atoms with Gasteiger partial charge in [0.25, 0.3) is 0 Å². The molecule has 21 heavy (non-hydrogen) atoms. The first kappa shape index (κ1) is 12.7. The summed E-state index contributed by atoms with van der Waals surface area (Å²) in [6.45, 7) is 4.48. The fourth-order valence-electron chi connectivity index (χ4n) is 3.30. The molecular formula is C17H20N2O2. The average molecular weight is 284 g/mol. The SMILES string of the molecule is CCNc1c2c(nc3cc4c(cc13)OCCCO4)CCC2. The van der Waals surface area contributed by atoms with Crippen LogP contribution in [0.2, 0.25) is 0 Å². The second kappa shape index (κ2) is 5.10. The Morgan fingerprint density at radius 2 is 1.90 bits per heavy atom. The minimum atomic E-state index is 0.712. The van der Waals surface area contributed by atoms with E-state index in [0.29, 0.717) is 13.2 Å². The molecule has 0 bridgehead atoms. The highest BCUT2D eigenvalue weighted by Crippen LogP contribution is 2.40. The van der Waals surface area contributed by atoms with E-state index in [0.717, 1.165) is 48.2 Å². The van der Waals surface area contributed by atoms with Gasteiger partial charge in [-0.2, -0.15) is 0 Å². The topological polar surface area (TPSA) is 43.4 Å². The van der Waals surface area contributed by atoms with Gasteiger partial charge >= 0.3 is 0 Å². The van der Waals surface area contributed by atoms with Crippen molar-refractivity contribution in [3.05, 3.63) is 23.4 Å². The quantitative estimate of drug-likeness (QED) is 0.918. The predicted molar refractivity (Wildman–Crippen MR) is 83.5 cm³/mol. The van der Waals surface area contributed by atoms with Gasteiger partial charge in [-0.1, -0.05) is 0 Å². The van der Waals surface area contributed by atoms with Crippen molar-refractivity contribution >= 4 is 16.6 Å². The van der Waals surface area contributed by atoms with Gasteiger partial charge in [-0.25, -0.2) is 0 Å². The van der Waals surface area contributed by atoms with Gasteiger partial charge in [-0.3, -0.25) is 4.98 Å². The molecule has 2 aliphatic rings. The minimum Gasteiger partial charge on any atom is -0.490 e. The fraction of sp³-hybridized carbons (Fsp3) is 0.471. The molecule has 1 aliphatic carbocycles. The van der Waals surface area contributed by atoms with Crippen LogP contribution in [-0.2, 0) is 12.8 Å². The lowest BCUT2D eigenvalue weighted by molar-refractivity contribution is 0.297. The number of aromatic nitrogens is 1. The Morgan fingerprint density at radius 1 is 1.10 bits per heavy atom. The van der Waals surface area contributed by atoms with Crippen LogP contribution in [0.4, 0.5) is 5.69 Å². The van der Waals surface area contributed by atoms with Gasteiger partial charge in [0.2, 0.25) is 0 Å². The second-order valence-electron chi connectivity index (χ2n) is 5.66. The zero-order valence-corrected chi connectivity index (χ0v) is 12.4. The van der Waals surface area contributed by atoms with Crippen LogP contribution in [0.15, 0.2) is 12.1 Å². The van der Waals surface area contributed by atoms with E-state index in [1.807, 2.05) is 6.07 Å². The van der Waals surface area contributed by atoms with Crippen LogP contribution in [0.1, 0.15) is 31.0 Å². The Hall–Kier alpha value is -1.97. The Balaban J connectivity index is 1.96. The molecule has 0 saturated heterocycles. The summed E-state index contributed by atoms with van der Waals surface area (Å²) in [6, 6.07) is 4.13. The van der Waals surface area contributed by atoms with Crippen molar-refractivity contribution < 1.29 is 9.47 Å². The van der Waals surface area contributed by atoms with Gasteiger partial charge in [0.15, 0.2) is 11.5 Å². The van der Waals surface area contributed by atoms with E-state index in [-0.39, 0.29) is 0 Å². The average Bonchev–Trinajstić information content (AvgIpc) is 2.83. The molecule has 4 rings (SSSR count). The van der Waals surface area contributed by atoms with Crippen LogP contribution < -0.4 is 14.8 Å². The molecular weight excluding hydrogens is 264 g/mol. The van der Waals surface area contributed by atoms with Gasteiger partial charge < -0.3 is 14.8 Å². The lowest BCUT2D eigenvalue weighted by atomic mass is 10.1. The molecule has 4 nitrogen and oxygen atoms in total. The summed E-state index contributed by atoms with van der Waals surface area (Å²) < 4.78 is 11.6. The summed E-state index contributed by atoms with van der Waals surface area (Å²) in [5.41, 5.74) is 4.88. The molecule has 1 aliphatic heterocycles. The Labute approximate surface area is 124 Å². The number of hydrogen-bond donors (Lipinski definition) is 1. The Kier molecular flexibility index (Phi) is 3.09. The first-order valence-corrected chi connectivity index (χ1v) is 7.86. The van der Waals surface area contributed by atoms with E-state index in [2.05, 4.69) is 18.3 Å². The predicted octanol–water partition coefficient (Wildman–Crippen LogP) is 3.32. The van der Waals surface area contributed by atoms with Crippen LogP contribution in [0, 0.1) is 0 Å². The molecule has 4 heteroatoms. The summed E-state index contributed by atoms with van der Waals surface area (Å²) >= 11 is 0. The molecule has 0 unspecified atom stereocenters. The standard InChI is InChI=1S/C17H20N2O2/c1-2-18-17-11-5-3-6-13(11)19-14-10-16-15(9-12(14)17)20-7-4-8-21-16/h9-10H,2-8H2,1H3,(H,18,19). The van der Waals surface area contributed by atoms with Gasteiger partial charge in [0.05, 0.1) is 18.7 Å². The molecule has 1 aromatic carbocycles. The van der Waals surface area contributed by atoms with E-state index in [1.165, 1.54) is 23.4 Å². The van der Waals surface area contributed by atoms with Crippen molar-refractivity contribution in [2.45, 2.75) is 32.6 Å². The second-order valence-corrected chi connectivity index (χ2v) is 5.66. The monoisotopic (exact) mass is 284 g/mol. The maximum atomic E-state index is 5.83. The normalized spacial score (nSPS) is 16.6. The van der Waals surface area contributed by atoms with Crippen LogP contribution in [0.3, 0.4) is 0 Å². The van der Waals surface area contributed by atoms with Crippen molar-refractivity contribution in [1.82, 2.24) is 4.98 Å². The molecule has 2 aromatic rings. The van der Waals surface area contributed by atoms with E-state index in [4.69, 9.17) is 14.5 Å². The number of hydrogen-bond acceptors (Lipinski definition) is 4. The van der Waals surface area contributed by atoms with E-state index in [1.54, 1.807) is 0 Å². The van der Waals surface area contributed by atoms with E-state index < -0.39 is 0 Å². The molecule has 0 radical (unpaired) electrons. The first-order valence-electron chi connectivity index (χ1n) is 7.86. The lowest BCUT2D eigenvalue weighted by Crippen LogP contribution is -2.04. The Morgan fingerprint density at radius 3 is 2.71 bits per heavy atom. The number of pyridine rings is 1. The van der Waals surface area contributed by atoms with Crippen molar-refractivity contribution in [3.8, 4) is 11.5 Å². The van der Waals surface area contributed by atoms with Gasteiger partial charge in [-0.05, 0) is 37.8 Å². The highest BCUT2D eigenvalue weighted by Gasteiger charge is 2.21. The van der Waals surface area contributed by atoms with E-state index in [9.17, 15) is 0 Å². The van der Waals surface area contributed by atoms with Crippen molar-refractivity contribution in [3.63, 3.8) is 0 Å². The molecule has 0 amide bonds. The third-order valence-electron chi connectivity index (χ3n) is 4.23. The number of nitrogens with zero attached hydrogens (tertiary/aromatic N) is 1. The number of benzene rings is 1. The maximum Gasteiger partial charge on any atom is 0.163 e. The number of rotatable bonds is 2. The summed E-state index contributed by atoms with van der Waals surface area (Å²) in [5, 5.41) is 4.69.